The third-order valence-corrected chi connectivity index (χ3v) is 4.48. The van der Waals surface area contributed by atoms with E-state index in [1.165, 1.54) is 0 Å². The van der Waals surface area contributed by atoms with Gasteiger partial charge in [0.05, 0.1) is 0 Å². The van der Waals surface area contributed by atoms with Gasteiger partial charge in [0.1, 0.15) is 0 Å². The predicted octanol–water partition coefficient (Wildman–Crippen LogP) is 4.86. The fraction of sp³-hybridized carbons (Fsp3) is 0.571. The van der Waals surface area contributed by atoms with E-state index in [0.717, 1.165) is 29.5 Å². The molecule has 1 N–H and O–H groups in total. The Kier molecular flexibility index (Phi) is 7.99. The number of rotatable bonds is 8. The molecule has 0 fully saturated rings. The molecule has 1 unspecified atom stereocenters. The summed E-state index contributed by atoms with van der Waals surface area (Å²) >= 11 is 3.56. The van der Waals surface area contributed by atoms with Gasteiger partial charge in [-0.05, 0) is 43.5 Å². The first kappa shape index (κ1) is 17.9. The van der Waals surface area contributed by atoms with Gasteiger partial charge in [-0.15, -0.1) is 0 Å². The van der Waals surface area contributed by atoms with Crippen molar-refractivity contribution in [2.24, 2.45) is 5.92 Å². The number of nitrogens with one attached hydrogen (secondary N) is 1. The van der Waals surface area contributed by atoms with Crippen molar-refractivity contribution in [3.8, 4) is 0 Å². The van der Waals surface area contributed by atoms with Gasteiger partial charge in [0.15, 0.2) is 0 Å². The molecule has 1 aromatic rings. The molecule has 1 aromatic carbocycles. The van der Waals surface area contributed by atoms with Gasteiger partial charge in [-0.2, -0.15) is 13.2 Å². The number of benzene rings is 1. The lowest BCUT2D eigenvalue weighted by molar-refractivity contribution is -0.0328. The second-order valence-corrected chi connectivity index (χ2v) is 6.57. The summed E-state index contributed by atoms with van der Waals surface area (Å²) in [7, 11) is 0. The third-order valence-electron chi connectivity index (χ3n) is 2.94. The molecule has 0 aliphatic rings. The summed E-state index contributed by atoms with van der Waals surface area (Å²) in [5, 5.41) is 3.23. The molecule has 0 heterocycles. The van der Waals surface area contributed by atoms with Crippen molar-refractivity contribution in [3.05, 3.63) is 34.3 Å². The van der Waals surface area contributed by atoms with Crippen LogP contribution in [0.15, 0.2) is 28.7 Å². The fourth-order valence-electron chi connectivity index (χ4n) is 1.94. The molecule has 0 saturated heterocycles. The Bertz CT molecular complexity index is 398. The number of alkyl halides is 3. The van der Waals surface area contributed by atoms with Gasteiger partial charge < -0.3 is 5.32 Å². The Morgan fingerprint density at radius 2 is 2.00 bits per heavy atom. The van der Waals surface area contributed by atoms with Crippen molar-refractivity contribution < 1.29 is 13.2 Å². The number of thioether (sulfide) groups is 1. The molecular formula is C14H19BrF3NS. The van der Waals surface area contributed by atoms with Crippen LogP contribution < -0.4 is 5.32 Å². The van der Waals surface area contributed by atoms with E-state index < -0.39 is 5.51 Å². The summed E-state index contributed by atoms with van der Waals surface area (Å²) in [4.78, 5) is 0. The van der Waals surface area contributed by atoms with E-state index in [1.807, 2.05) is 31.2 Å². The largest absolute Gasteiger partial charge is 0.441 e. The molecule has 0 saturated carbocycles. The van der Waals surface area contributed by atoms with Crippen molar-refractivity contribution in [1.82, 2.24) is 5.32 Å². The van der Waals surface area contributed by atoms with Crippen LogP contribution in [0.25, 0.3) is 0 Å². The topological polar surface area (TPSA) is 12.0 Å². The molecule has 0 aliphatic carbocycles. The molecule has 0 bridgehead atoms. The maximum absolute atomic E-state index is 12.2. The summed E-state index contributed by atoms with van der Waals surface area (Å²) < 4.78 is 37.6. The van der Waals surface area contributed by atoms with Gasteiger partial charge in [-0.3, -0.25) is 0 Å². The lowest BCUT2D eigenvalue weighted by Gasteiger charge is -2.18. The lowest BCUT2D eigenvalue weighted by atomic mass is 9.97. The van der Waals surface area contributed by atoms with E-state index in [2.05, 4.69) is 21.2 Å². The molecule has 1 rings (SSSR count). The third kappa shape index (κ3) is 7.55. The number of hydrogen-bond acceptors (Lipinski definition) is 2. The quantitative estimate of drug-likeness (QED) is 0.701. The minimum Gasteiger partial charge on any atom is -0.317 e. The maximum Gasteiger partial charge on any atom is 0.441 e. The lowest BCUT2D eigenvalue weighted by Crippen LogP contribution is -2.25. The summed E-state index contributed by atoms with van der Waals surface area (Å²) in [6, 6.07) is 7.87. The highest BCUT2D eigenvalue weighted by atomic mass is 79.9. The standard InChI is InChI=1S/C14H19BrF3NS/c1-2-19-10-11(7-8-20-14(16,17)18)9-12-5-3-4-6-13(12)15/h3-6,11,19H,2,7-10H2,1H3. The Labute approximate surface area is 130 Å². The zero-order valence-corrected chi connectivity index (χ0v) is 13.7. The molecule has 0 amide bonds. The van der Waals surface area contributed by atoms with E-state index in [4.69, 9.17) is 0 Å². The second-order valence-electron chi connectivity index (χ2n) is 4.55. The average Bonchev–Trinajstić information content (AvgIpc) is 2.36. The van der Waals surface area contributed by atoms with Crippen LogP contribution in [0.1, 0.15) is 18.9 Å². The van der Waals surface area contributed by atoms with Crippen molar-refractivity contribution in [2.75, 3.05) is 18.8 Å². The van der Waals surface area contributed by atoms with Crippen LogP contribution in [0.5, 0.6) is 0 Å². The van der Waals surface area contributed by atoms with Crippen LogP contribution in [0, 0.1) is 5.92 Å². The minimum atomic E-state index is -4.13. The van der Waals surface area contributed by atoms with Gasteiger partial charge in [-0.1, -0.05) is 52.8 Å². The molecule has 6 heteroatoms. The summed E-state index contributed by atoms with van der Waals surface area (Å²) in [5.41, 5.74) is -2.98. The number of halogens is 4. The van der Waals surface area contributed by atoms with Crippen molar-refractivity contribution in [3.63, 3.8) is 0 Å². The first-order chi connectivity index (χ1) is 9.42. The average molecular weight is 370 g/mol. The van der Waals surface area contributed by atoms with E-state index >= 15 is 0 Å². The number of hydrogen-bond donors (Lipinski definition) is 1. The fourth-order valence-corrected chi connectivity index (χ4v) is 3.07. The maximum atomic E-state index is 12.2. The zero-order valence-electron chi connectivity index (χ0n) is 11.3. The van der Waals surface area contributed by atoms with Gasteiger partial charge in [0.25, 0.3) is 0 Å². The van der Waals surface area contributed by atoms with Crippen molar-refractivity contribution >= 4 is 27.7 Å². The summed E-state index contributed by atoms with van der Waals surface area (Å²) in [6.45, 7) is 3.58. The monoisotopic (exact) mass is 369 g/mol. The highest BCUT2D eigenvalue weighted by molar-refractivity contribution is 9.10. The molecule has 114 valence electrons. The van der Waals surface area contributed by atoms with Crippen molar-refractivity contribution in [2.45, 2.75) is 25.3 Å². The van der Waals surface area contributed by atoms with Crippen LogP contribution >= 0.6 is 27.7 Å². The first-order valence-electron chi connectivity index (χ1n) is 6.57. The van der Waals surface area contributed by atoms with E-state index in [1.54, 1.807) is 0 Å². The van der Waals surface area contributed by atoms with Crippen LogP contribution in [0.3, 0.4) is 0 Å². The Hall–Kier alpha value is -0.200. The Balaban J connectivity index is 2.53. The molecular weight excluding hydrogens is 351 g/mol. The Morgan fingerprint density at radius 1 is 1.30 bits per heavy atom. The van der Waals surface area contributed by atoms with E-state index in [-0.39, 0.29) is 23.4 Å². The van der Waals surface area contributed by atoms with Crippen LogP contribution in [-0.4, -0.2) is 24.4 Å². The van der Waals surface area contributed by atoms with E-state index in [9.17, 15) is 13.2 Å². The van der Waals surface area contributed by atoms with Gasteiger partial charge in [0.2, 0.25) is 0 Å². The molecule has 20 heavy (non-hydrogen) atoms. The summed E-state index contributed by atoms with van der Waals surface area (Å²) in [5.74, 6) is 0.327. The molecule has 0 spiro atoms. The zero-order chi connectivity index (χ0) is 15.0. The second kappa shape index (κ2) is 8.95. The van der Waals surface area contributed by atoms with Crippen molar-refractivity contribution in [1.29, 1.82) is 0 Å². The summed E-state index contributed by atoms with van der Waals surface area (Å²) in [6.07, 6.45) is 1.34. The normalized spacial score (nSPS) is 13.4. The molecule has 0 aliphatic heterocycles. The SMILES string of the molecule is CCNCC(CCSC(F)(F)F)Cc1ccccc1Br. The van der Waals surface area contributed by atoms with Gasteiger partial charge in [0, 0.05) is 10.2 Å². The predicted molar refractivity (Wildman–Crippen MR) is 83.0 cm³/mol. The molecule has 1 atom stereocenters. The highest BCUT2D eigenvalue weighted by Crippen LogP contribution is 2.32. The highest BCUT2D eigenvalue weighted by Gasteiger charge is 2.28. The van der Waals surface area contributed by atoms with E-state index in [0.29, 0.717) is 6.42 Å². The first-order valence-corrected chi connectivity index (χ1v) is 8.35. The van der Waals surface area contributed by atoms with Gasteiger partial charge in [-0.25, -0.2) is 0 Å². The molecule has 0 radical (unpaired) electrons. The van der Waals surface area contributed by atoms with Crippen LogP contribution in [0.4, 0.5) is 13.2 Å². The molecule has 0 aromatic heterocycles. The van der Waals surface area contributed by atoms with Crippen LogP contribution in [0.2, 0.25) is 0 Å². The minimum absolute atomic E-state index is 0.0706. The molecule has 1 nitrogen and oxygen atoms in total. The van der Waals surface area contributed by atoms with Gasteiger partial charge >= 0.3 is 5.51 Å². The smallest absolute Gasteiger partial charge is 0.317 e. The Morgan fingerprint density at radius 3 is 2.60 bits per heavy atom. The van der Waals surface area contributed by atoms with Crippen LogP contribution in [-0.2, 0) is 6.42 Å².